The molecule has 2 aromatic carbocycles. The molecule has 0 saturated carbocycles. The van der Waals surface area contributed by atoms with Gasteiger partial charge >= 0.3 is 0 Å². The molecule has 2 rings (SSSR count). The van der Waals surface area contributed by atoms with Crippen LogP contribution in [-0.4, -0.2) is 51.0 Å². The molecule has 168 valence electrons. The van der Waals surface area contributed by atoms with Crippen LogP contribution in [0.15, 0.2) is 41.3 Å². The van der Waals surface area contributed by atoms with E-state index in [1.807, 2.05) is 18.2 Å². The Morgan fingerprint density at radius 1 is 1.13 bits per heavy atom. The number of nitriles is 1. The highest BCUT2D eigenvalue weighted by molar-refractivity contribution is 7.93. The number of benzene rings is 2. The van der Waals surface area contributed by atoms with Gasteiger partial charge in [0.15, 0.2) is 4.91 Å². The van der Waals surface area contributed by atoms with Gasteiger partial charge in [0, 0.05) is 25.3 Å². The molecule has 0 aliphatic rings. The maximum Gasteiger partial charge on any atom is 0.251 e. The summed E-state index contributed by atoms with van der Waals surface area (Å²) in [6.45, 7) is 6.93. The van der Waals surface area contributed by atoms with Gasteiger partial charge in [-0.05, 0) is 59.9 Å². The lowest BCUT2D eigenvalue weighted by Gasteiger charge is -2.24. The summed E-state index contributed by atoms with van der Waals surface area (Å²) in [5.41, 5.74) is 2.10. The van der Waals surface area contributed by atoms with Crippen molar-refractivity contribution in [1.82, 2.24) is 4.72 Å². The molecular formula is C23H31N3O4S. The van der Waals surface area contributed by atoms with E-state index in [4.69, 9.17) is 5.11 Å². The molecule has 31 heavy (non-hydrogen) atoms. The number of sulfonamides is 1. The van der Waals surface area contributed by atoms with Gasteiger partial charge in [0.2, 0.25) is 0 Å². The quantitative estimate of drug-likeness (QED) is 0.458. The summed E-state index contributed by atoms with van der Waals surface area (Å²) >= 11 is 0. The monoisotopic (exact) mass is 445 g/mol. The van der Waals surface area contributed by atoms with E-state index in [1.165, 1.54) is 0 Å². The average Bonchev–Trinajstić information content (AvgIpc) is 2.76. The van der Waals surface area contributed by atoms with Gasteiger partial charge in [0.05, 0.1) is 12.7 Å². The third-order valence-electron chi connectivity index (χ3n) is 5.04. The number of nitrogens with one attached hydrogen (secondary N) is 1. The SMILES string of the molecule is CCCN(CCC)c1ccc2cc(C(C)=C(C#N)S(=O)(=O)NCC(O)CO)ccc2c1. The zero-order chi connectivity index (χ0) is 23.0. The van der Waals surface area contributed by atoms with E-state index in [1.54, 1.807) is 19.1 Å². The summed E-state index contributed by atoms with van der Waals surface area (Å²) in [6.07, 6.45) is 0.899. The fourth-order valence-electron chi connectivity index (χ4n) is 3.39. The Kier molecular flexibility index (Phi) is 9.01. The van der Waals surface area contributed by atoms with Gasteiger partial charge in [-0.1, -0.05) is 32.0 Å². The first-order valence-electron chi connectivity index (χ1n) is 10.5. The van der Waals surface area contributed by atoms with E-state index in [9.17, 15) is 18.8 Å². The van der Waals surface area contributed by atoms with Gasteiger partial charge in [0.1, 0.15) is 6.07 Å². The minimum atomic E-state index is -4.12. The van der Waals surface area contributed by atoms with Gasteiger partial charge in [-0.2, -0.15) is 5.26 Å². The van der Waals surface area contributed by atoms with Crippen LogP contribution in [0.25, 0.3) is 16.3 Å². The highest BCUT2D eigenvalue weighted by Gasteiger charge is 2.22. The standard InChI is InChI=1S/C23H31N3O4S/c1-4-10-26(11-5-2)21-9-8-19-12-18(6-7-20(19)13-21)17(3)23(14-24)31(29,30)25-15-22(28)16-27/h6-9,12-13,22,25,27-28H,4-5,10-11,15-16H2,1-3H3. The van der Waals surface area contributed by atoms with Crippen molar-refractivity contribution >= 4 is 32.1 Å². The third kappa shape index (κ3) is 6.28. The lowest BCUT2D eigenvalue weighted by atomic mass is 10.0. The number of aliphatic hydroxyl groups excluding tert-OH is 2. The number of rotatable bonds is 11. The lowest BCUT2D eigenvalue weighted by molar-refractivity contribution is 0.0989. The zero-order valence-electron chi connectivity index (χ0n) is 18.3. The molecule has 0 radical (unpaired) electrons. The number of anilines is 1. The molecule has 0 fully saturated rings. The van der Waals surface area contributed by atoms with Crippen LogP contribution in [0, 0.1) is 11.3 Å². The minimum absolute atomic E-state index is 0.318. The van der Waals surface area contributed by atoms with Gasteiger partial charge in [0.25, 0.3) is 10.0 Å². The second kappa shape index (κ2) is 11.3. The number of fused-ring (bicyclic) bond motifs is 1. The van der Waals surface area contributed by atoms with Crippen LogP contribution in [0.2, 0.25) is 0 Å². The fraction of sp³-hybridized carbons (Fsp3) is 0.435. The molecule has 0 spiro atoms. The Balaban J connectivity index is 2.40. The molecule has 1 atom stereocenters. The molecule has 0 aliphatic carbocycles. The van der Waals surface area contributed by atoms with Crippen LogP contribution in [0.4, 0.5) is 5.69 Å². The van der Waals surface area contributed by atoms with Crippen molar-refractivity contribution < 1.29 is 18.6 Å². The van der Waals surface area contributed by atoms with E-state index >= 15 is 0 Å². The first-order chi connectivity index (χ1) is 14.8. The maximum absolute atomic E-state index is 12.5. The highest BCUT2D eigenvalue weighted by atomic mass is 32.2. The van der Waals surface area contributed by atoms with Crippen LogP contribution >= 0.6 is 0 Å². The molecule has 0 saturated heterocycles. The normalized spacial score (nSPS) is 13.5. The number of allylic oxidation sites excluding steroid dienone is 2. The number of nitrogens with zero attached hydrogens (tertiary/aromatic N) is 2. The zero-order valence-corrected chi connectivity index (χ0v) is 19.1. The Hall–Kier alpha value is -2.44. The van der Waals surface area contributed by atoms with Crippen LogP contribution < -0.4 is 9.62 Å². The predicted molar refractivity (Wildman–Crippen MR) is 125 cm³/mol. The molecule has 8 heteroatoms. The molecule has 0 heterocycles. The topological polar surface area (TPSA) is 114 Å². The molecule has 0 aromatic heterocycles. The fourth-order valence-corrected chi connectivity index (χ4v) is 4.59. The molecule has 2 aromatic rings. The van der Waals surface area contributed by atoms with Crippen molar-refractivity contribution in [3.05, 3.63) is 46.9 Å². The molecule has 7 nitrogen and oxygen atoms in total. The molecule has 3 N–H and O–H groups in total. The molecule has 0 aliphatic heterocycles. The van der Waals surface area contributed by atoms with Crippen molar-refractivity contribution in [1.29, 1.82) is 5.26 Å². The predicted octanol–water partition coefficient (Wildman–Crippen LogP) is 2.99. The average molecular weight is 446 g/mol. The Labute approximate surface area is 184 Å². The number of aliphatic hydroxyl groups is 2. The number of hydrogen-bond acceptors (Lipinski definition) is 6. The number of hydrogen-bond donors (Lipinski definition) is 3. The first kappa shape index (κ1) is 24.8. The summed E-state index contributed by atoms with van der Waals surface area (Å²) < 4.78 is 27.2. The van der Waals surface area contributed by atoms with E-state index in [2.05, 4.69) is 35.6 Å². The van der Waals surface area contributed by atoms with Gasteiger partial charge < -0.3 is 15.1 Å². The van der Waals surface area contributed by atoms with E-state index in [0.717, 1.165) is 42.4 Å². The van der Waals surface area contributed by atoms with E-state index in [0.29, 0.717) is 11.1 Å². The Morgan fingerprint density at radius 2 is 1.74 bits per heavy atom. The summed E-state index contributed by atoms with van der Waals surface area (Å²) in [7, 11) is -4.12. The summed E-state index contributed by atoms with van der Waals surface area (Å²) in [4.78, 5) is 1.94. The summed E-state index contributed by atoms with van der Waals surface area (Å²) in [5, 5.41) is 29.7. The van der Waals surface area contributed by atoms with Crippen molar-refractivity contribution in [2.24, 2.45) is 0 Å². The third-order valence-corrected chi connectivity index (χ3v) is 6.52. The van der Waals surface area contributed by atoms with Crippen molar-refractivity contribution in [2.75, 3.05) is 31.1 Å². The molecule has 0 amide bonds. The maximum atomic E-state index is 12.5. The Bertz CT molecular complexity index is 1070. The summed E-state index contributed by atoms with van der Waals surface area (Å²) in [5.74, 6) is 0. The molecule has 0 bridgehead atoms. The highest BCUT2D eigenvalue weighted by Crippen LogP contribution is 2.28. The minimum Gasteiger partial charge on any atom is -0.394 e. The van der Waals surface area contributed by atoms with Gasteiger partial charge in [-0.15, -0.1) is 0 Å². The molecule has 1 unspecified atom stereocenters. The van der Waals surface area contributed by atoms with Gasteiger partial charge in [-0.25, -0.2) is 13.1 Å². The van der Waals surface area contributed by atoms with Crippen LogP contribution in [0.5, 0.6) is 0 Å². The Morgan fingerprint density at radius 3 is 2.32 bits per heavy atom. The van der Waals surface area contributed by atoms with Crippen LogP contribution in [0.3, 0.4) is 0 Å². The second-order valence-corrected chi connectivity index (χ2v) is 9.19. The van der Waals surface area contributed by atoms with Crippen LogP contribution in [0.1, 0.15) is 39.2 Å². The van der Waals surface area contributed by atoms with E-state index in [-0.39, 0.29) is 6.54 Å². The van der Waals surface area contributed by atoms with Crippen LogP contribution in [-0.2, 0) is 10.0 Å². The smallest absolute Gasteiger partial charge is 0.251 e. The first-order valence-corrected chi connectivity index (χ1v) is 11.9. The lowest BCUT2D eigenvalue weighted by Crippen LogP contribution is -2.34. The second-order valence-electron chi connectivity index (χ2n) is 7.49. The van der Waals surface area contributed by atoms with Crippen molar-refractivity contribution in [3.63, 3.8) is 0 Å². The van der Waals surface area contributed by atoms with Crippen molar-refractivity contribution in [2.45, 2.75) is 39.7 Å². The largest absolute Gasteiger partial charge is 0.394 e. The van der Waals surface area contributed by atoms with E-state index < -0.39 is 27.6 Å². The van der Waals surface area contributed by atoms with Crippen molar-refractivity contribution in [3.8, 4) is 6.07 Å². The van der Waals surface area contributed by atoms with Gasteiger partial charge in [-0.3, -0.25) is 0 Å². The molecular weight excluding hydrogens is 414 g/mol. The summed E-state index contributed by atoms with van der Waals surface area (Å²) in [6, 6.07) is 13.6.